The number of hydrogen-bond acceptors (Lipinski definition) is 5. The van der Waals surface area contributed by atoms with E-state index < -0.39 is 29.3 Å². The summed E-state index contributed by atoms with van der Waals surface area (Å²) in [5.41, 5.74) is -0.379. The third-order valence-electron chi connectivity index (χ3n) is 11.5. The molecule has 0 spiro atoms. The Hall–Kier alpha value is -1.17. The zero-order valence-electron chi connectivity index (χ0n) is 23.5. The summed E-state index contributed by atoms with van der Waals surface area (Å²) in [5.74, 6) is 0.782. The molecule has 0 bridgehead atoms. The molecule has 36 heavy (non-hydrogen) atoms. The van der Waals surface area contributed by atoms with Crippen molar-refractivity contribution in [1.82, 2.24) is 0 Å². The van der Waals surface area contributed by atoms with E-state index in [1.807, 2.05) is 0 Å². The SMILES string of the molecule is C=C(/C=C/[C@@H](C)[C@H]1CC[C@@H]2[C@]1(C)C[C@H](O)[C@@H]1[C@@]3(C)C[C@H](O)[C@H](OC(C)=O)[C@@H](C)[C@@H]3CC[C@@]21O)C(C)C. The van der Waals surface area contributed by atoms with Crippen LogP contribution < -0.4 is 0 Å². The van der Waals surface area contributed by atoms with Gasteiger partial charge in [-0.2, -0.15) is 0 Å². The van der Waals surface area contributed by atoms with Crippen molar-refractivity contribution in [2.45, 2.75) is 111 Å². The van der Waals surface area contributed by atoms with Crippen LogP contribution in [0.4, 0.5) is 0 Å². The van der Waals surface area contributed by atoms with Crippen LogP contribution in [0.2, 0.25) is 0 Å². The maximum absolute atomic E-state index is 12.5. The van der Waals surface area contributed by atoms with Gasteiger partial charge in [0.05, 0.1) is 17.8 Å². The first kappa shape index (κ1) is 27.9. The normalized spacial score (nSPS) is 49.3. The topological polar surface area (TPSA) is 87.0 Å². The van der Waals surface area contributed by atoms with Gasteiger partial charge in [-0.05, 0) is 84.9 Å². The fraction of sp³-hybridized carbons (Fsp3) is 0.839. The molecule has 0 heterocycles. The standard InChI is InChI=1S/C31H50O5/c1-17(2)18(3)9-10-19(4)22-11-12-26-29(22,7)16-25(34)28-30(8)15-24(33)27(36-21(6)32)20(5)23(30)13-14-31(26,28)35/h9-10,17,19-20,22-28,33-35H,3,11-16H2,1-2,4-8H3/b10-9+/t19-,20+,22-,23+,24+,25+,26-,27-,28-,29-,30+,31-/m1/s1. The van der Waals surface area contributed by atoms with E-state index in [0.717, 1.165) is 24.8 Å². The van der Waals surface area contributed by atoms with Crippen molar-refractivity contribution in [2.24, 2.45) is 52.3 Å². The minimum Gasteiger partial charge on any atom is -0.460 e. The van der Waals surface area contributed by atoms with Crippen LogP contribution in [0.5, 0.6) is 0 Å². The molecular weight excluding hydrogens is 452 g/mol. The van der Waals surface area contributed by atoms with E-state index in [9.17, 15) is 20.1 Å². The minimum absolute atomic E-state index is 0.0248. The van der Waals surface area contributed by atoms with E-state index in [1.54, 1.807) is 0 Å². The number of aliphatic hydroxyl groups excluding tert-OH is 2. The van der Waals surface area contributed by atoms with E-state index >= 15 is 0 Å². The number of rotatable bonds is 5. The smallest absolute Gasteiger partial charge is 0.303 e. The summed E-state index contributed by atoms with van der Waals surface area (Å²) < 4.78 is 5.55. The Labute approximate surface area is 218 Å². The fourth-order valence-corrected chi connectivity index (χ4v) is 9.92. The zero-order valence-corrected chi connectivity index (χ0v) is 23.5. The Morgan fingerprint density at radius 2 is 1.69 bits per heavy atom. The molecule has 4 rings (SSSR count). The molecular formula is C31H50O5. The van der Waals surface area contributed by atoms with Gasteiger partial charge in [0.25, 0.3) is 0 Å². The highest BCUT2D eigenvalue weighted by Gasteiger charge is 2.71. The number of hydrogen-bond donors (Lipinski definition) is 3. The minimum atomic E-state index is -0.953. The van der Waals surface area contributed by atoms with Crippen LogP contribution in [0.25, 0.3) is 0 Å². The lowest BCUT2D eigenvalue weighted by atomic mass is 9.40. The van der Waals surface area contributed by atoms with Gasteiger partial charge >= 0.3 is 5.97 Å². The van der Waals surface area contributed by atoms with E-state index in [4.69, 9.17) is 4.74 Å². The van der Waals surface area contributed by atoms with Gasteiger partial charge in [-0.3, -0.25) is 4.79 Å². The van der Waals surface area contributed by atoms with E-state index in [0.29, 0.717) is 37.0 Å². The van der Waals surface area contributed by atoms with E-state index in [2.05, 4.69) is 60.3 Å². The maximum Gasteiger partial charge on any atom is 0.303 e. The van der Waals surface area contributed by atoms with Gasteiger partial charge in [-0.1, -0.05) is 65.8 Å². The van der Waals surface area contributed by atoms with Crippen LogP contribution in [0.1, 0.15) is 87.0 Å². The van der Waals surface area contributed by atoms with Gasteiger partial charge < -0.3 is 20.1 Å². The van der Waals surface area contributed by atoms with Crippen LogP contribution in [0.3, 0.4) is 0 Å². The molecule has 0 aliphatic heterocycles. The molecule has 5 nitrogen and oxygen atoms in total. The van der Waals surface area contributed by atoms with Crippen molar-refractivity contribution >= 4 is 5.97 Å². The largest absolute Gasteiger partial charge is 0.460 e. The Balaban J connectivity index is 1.63. The highest BCUT2D eigenvalue weighted by molar-refractivity contribution is 5.66. The molecule has 0 amide bonds. The van der Waals surface area contributed by atoms with Crippen molar-refractivity contribution in [3.63, 3.8) is 0 Å². The predicted molar refractivity (Wildman–Crippen MR) is 142 cm³/mol. The van der Waals surface area contributed by atoms with Gasteiger partial charge in [0.2, 0.25) is 0 Å². The third kappa shape index (κ3) is 4.22. The van der Waals surface area contributed by atoms with Crippen LogP contribution in [-0.2, 0) is 9.53 Å². The number of carbonyl (C=O) groups is 1. The summed E-state index contributed by atoms with van der Waals surface area (Å²) in [5, 5.41) is 35.4. The molecule has 0 aromatic rings. The molecule has 12 atom stereocenters. The number of aliphatic hydroxyl groups is 3. The number of esters is 1. The Morgan fingerprint density at radius 1 is 1.06 bits per heavy atom. The van der Waals surface area contributed by atoms with Crippen molar-refractivity contribution < 1.29 is 24.9 Å². The summed E-state index contributed by atoms with van der Waals surface area (Å²) in [4.78, 5) is 11.7. The number of ether oxygens (including phenoxy) is 1. The van der Waals surface area contributed by atoms with Gasteiger partial charge in [0.15, 0.2) is 0 Å². The molecule has 204 valence electrons. The summed E-state index contributed by atoms with van der Waals surface area (Å²) >= 11 is 0. The molecule has 5 heteroatoms. The van der Waals surface area contributed by atoms with Crippen molar-refractivity contribution in [3.05, 3.63) is 24.3 Å². The maximum atomic E-state index is 12.5. The molecule has 4 fully saturated rings. The van der Waals surface area contributed by atoms with Crippen molar-refractivity contribution in [2.75, 3.05) is 0 Å². The molecule has 0 unspecified atom stereocenters. The molecule has 0 radical (unpaired) electrons. The van der Waals surface area contributed by atoms with Gasteiger partial charge in [0, 0.05) is 12.8 Å². The fourth-order valence-electron chi connectivity index (χ4n) is 9.92. The van der Waals surface area contributed by atoms with Crippen molar-refractivity contribution in [3.8, 4) is 0 Å². The highest BCUT2D eigenvalue weighted by Crippen LogP contribution is 2.70. The van der Waals surface area contributed by atoms with Gasteiger partial charge in [-0.25, -0.2) is 0 Å². The molecule has 4 saturated carbocycles. The average molecular weight is 503 g/mol. The van der Waals surface area contributed by atoms with Gasteiger partial charge in [-0.15, -0.1) is 0 Å². The Morgan fingerprint density at radius 3 is 2.31 bits per heavy atom. The lowest BCUT2D eigenvalue weighted by molar-refractivity contribution is -0.278. The first-order valence-electron chi connectivity index (χ1n) is 14.3. The summed E-state index contributed by atoms with van der Waals surface area (Å²) in [6, 6.07) is 0. The molecule has 4 aliphatic carbocycles. The second kappa shape index (κ2) is 9.54. The number of fused-ring (bicyclic) bond motifs is 5. The second-order valence-corrected chi connectivity index (χ2v) is 13.8. The number of allylic oxidation sites excluding steroid dienone is 3. The molecule has 0 aromatic heterocycles. The van der Waals surface area contributed by atoms with Gasteiger partial charge in [0.1, 0.15) is 6.10 Å². The summed E-state index contributed by atoms with van der Waals surface area (Å²) in [6.07, 6.45) is 7.13. The van der Waals surface area contributed by atoms with Crippen molar-refractivity contribution in [1.29, 1.82) is 0 Å². The first-order chi connectivity index (χ1) is 16.7. The number of carbonyl (C=O) groups excluding carboxylic acids is 1. The third-order valence-corrected chi connectivity index (χ3v) is 11.5. The monoisotopic (exact) mass is 502 g/mol. The molecule has 0 aromatic carbocycles. The zero-order chi connectivity index (χ0) is 26.8. The van der Waals surface area contributed by atoms with Crippen LogP contribution in [-0.4, -0.2) is 45.2 Å². The molecule has 3 N–H and O–H groups in total. The molecule has 4 aliphatic rings. The van der Waals surface area contributed by atoms with E-state index in [-0.39, 0.29) is 35.1 Å². The lowest BCUT2D eigenvalue weighted by Gasteiger charge is -2.67. The quantitative estimate of drug-likeness (QED) is 0.352. The van der Waals surface area contributed by atoms with Crippen LogP contribution in [0.15, 0.2) is 24.3 Å². The summed E-state index contributed by atoms with van der Waals surface area (Å²) in [6.45, 7) is 18.7. The lowest BCUT2D eigenvalue weighted by Crippen LogP contribution is -2.70. The van der Waals surface area contributed by atoms with Crippen LogP contribution in [0, 0.1) is 52.3 Å². The Bertz CT molecular complexity index is 895. The molecule has 0 saturated heterocycles. The second-order valence-electron chi connectivity index (χ2n) is 13.8. The predicted octanol–water partition coefficient (Wildman–Crippen LogP) is 5.28. The summed E-state index contributed by atoms with van der Waals surface area (Å²) in [7, 11) is 0. The Kier molecular flexibility index (Phi) is 7.38. The highest BCUT2D eigenvalue weighted by atomic mass is 16.6. The first-order valence-corrected chi connectivity index (χ1v) is 14.3. The van der Waals surface area contributed by atoms with Crippen LogP contribution >= 0.6 is 0 Å². The van der Waals surface area contributed by atoms with E-state index in [1.165, 1.54) is 6.92 Å². The average Bonchev–Trinajstić information content (AvgIpc) is 3.11.